The molecule has 0 aliphatic heterocycles. The first-order valence-electron chi connectivity index (χ1n) is 6.10. The molecule has 2 aromatic rings. The number of halogens is 1. The monoisotopic (exact) mass is 302 g/mol. The third-order valence-corrected chi connectivity index (χ3v) is 2.89. The van der Waals surface area contributed by atoms with Gasteiger partial charge in [-0.05, 0) is 23.8 Å². The lowest BCUT2D eigenvalue weighted by Crippen LogP contribution is -2.17. The lowest BCUT2D eigenvalue weighted by Gasteiger charge is -1.97. The first-order valence-corrected chi connectivity index (χ1v) is 6.48. The molecule has 0 aliphatic rings. The standard InChI is InChI=1S/C15H12ClN3O2/c16-13-6-2-1-4-11(13)7-8-14(20)21-19-15(17)12-5-3-9-18-10-12/h1-10H,(H2,17,19)/p+1/b8-7+. The van der Waals surface area contributed by atoms with E-state index in [4.69, 9.17) is 22.2 Å². The van der Waals surface area contributed by atoms with Gasteiger partial charge in [-0.25, -0.2) is 9.78 Å². The van der Waals surface area contributed by atoms with Gasteiger partial charge in [0.05, 0.1) is 5.56 Å². The number of nitrogens with one attached hydrogen (secondary N) is 1. The van der Waals surface area contributed by atoms with Crippen molar-refractivity contribution in [2.45, 2.75) is 0 Å². The summed E-state index contributed by atoms with van der Waals surface area (Å²) in [6.07, 6.45) is 6.16. The van der Waals surface area contributed by atoms with Crippen molar-refractivity contribution in [3.05, 3.63) is 71.0 Å². The van der Waals surface area contributed by atoms with Crippen LogP contribution in [0.4, 0.5) is 0 Å². The van der Waals surface area contributed by atoms with Gasteiger partial charge in [-0.3, -0.25) is 0 Å². The fraction of sp³-hybridized carbons (Fsp3) is 0. The Labute approximate surface area is 126 Å². The molecule has 0 fully saturated rings. The molecule has 0 saturated heterocycles. The second-order valence-electron chi connectivity index (χ2n) is 4.03. The van der Waals surface area contributed by atoms with Gasteiger partial charge in [-0.15, -0.1) is 0 Å². The van der Waals surface area contributed by atoms with Crippen molar-refractivity contribution in [2.24, 2.45) is 10.9 Å². The molecule has 5 nitrogen and oxygen atoms in total. The maximum Gasteiger partial charge on any atom is 0.358 e. The van der Waals surface area contributed by atoms with Gasteiger partial charge in [0.25, 0.3) is 0 Å². The summed E-state index contributed by atoms with van der Waals surface area (Å²) in [5, 5.41) is 4.12. The summed E-state index contributed by atoms with van der Waals surface area (Å²) in [6, 6.07) is 10.6. The Morgan fingerprint density at radius 2 is 2.10 bits per heavy atom. The Balaban J connectivity index is 1.98. The van der Waals surface area contributed by atoms with Crippen LogP contribution in [0.3, 0.4) is 0 Å². The third kappa shape index (κ3) is 4.43. The summed E-state index contributed by atoms with van der Waals surface area (Å²) < 4.78 is 0. The van der Waals surface area contributed by atoms with Gasteiger partial charge in [-0.2, -0.15) is 0 Å². The molecule has 6 heteroatoms. The van der Waals surface area contributed by atoms with Crippen LogP contribution in [-0.4, -0.2) is 11.8 Å². The van der Waals surface area contributed by atoms with Crippen LogP contribution in [-0.2, 0) is 9.63 Å². The SMILES string of the molecule is NC(=NOC(=O)/C=C/c1ccccc1Cl)c1ccc[nH+]c1. The Kier molecular flexibility index (Phi) is 5.06. The number of hydrogen-bond acceptors (Lipinski definition) is 3. The van der Waals surface area contributed by atoms with Gasteiger partial charge in [0.15, 0.2) is 18.2 Å². The number of pyridine rings is 1. The van der Waals surface area contributed by atoms with Crippen LogP contribution in [0.2, 0.25) is 5.02 Å². The number of benzene rings is 1. The van der Waals surface area contributed by atoms with E-state index >= 15 is 0 Å². The molecule has 0 spiro atoms. The zero-order chi connectivity index (χ0) is 15.1. The van der Waals surface area contributed by atoms with Crippen molar-refractivity contribution < 1.29 is 14.6 Å². The van der Waals surface area contributed by atoms with E-state index in [1.54, 1.807) is 48.8 Å². The number of hydrogen-bond donors (Lipinski definition) is 1. The first-order chi connectivity index (χ1) is 10.2. The van der Waals surface area contributed by atoms with Gasteiger partial charge in [0.1, 0.15) is 0 Å². The average Bonchev–Trinajstić information content (AvgIpc) is 2.52. The molecule has 0 atom stereocenters. The quantitative estimate of drug-likeness (QED) is 0.308. The Hall–Kier alpha value is -2.66. The molecule has 0 unspecified atom stereocenters. The van der Waals surface area contributed by atoms with Crippen LogP contribution in [0, 0.1) is 0 Å². The number of nitrogens with two attached hydrogens (primary N) is 1. The zero-order valence-electron chi connectivity index (χ0n) is 11.0. The molecule has 1 heterocycles. The molecule has 106 valence electrons. The maximum atomic E-state index is 11.5. The fourth-order valence-corrected chi connectivity index (χ4v) is 1.70. The summed E-state index contributed by atoms with van der Waals surface area (Å²) in [5.74, 6) is -0.538. The summed E-state index contributed by atoms with van der Waals surface area (Å²) >= 11 is 5.96. The maximum absolute atomic E-state index is 11.5. The summed E-state index contributed by atoms with van der Waals surface area (Å²) in [5.41, 5.74) is 7.02. The lowest BCUT2D eigenvalue weighted by atomic mass is 10.2. The van der Waals surface area contributed by atoms with Crippen molar-refractivity contribution in [2.75, 3.05) is 0 Å². The normalized spacial score (nSPS) is 11.6. The second-order valence-corrected chi connectivity index (χ2v) is 4.44. The molecule has 2 rings (SSSR count). The van der Waals surface area contributed by atoms with E-state index < -0.39 is 5.97 Å². The highest BCUT2D eigenvalue weighted by molar-refractivity contribution is 6.32. The molecule has 1 aromatic heterocycles. The number of rotatable bonds is 4. The van der Waals surface area contributed by atoms with E-state index in [0.29, 0.717) is 16.1 Å². The van der Waals surface area contributed by atoms with Gasteiger partial charge < -0.3 is 10.6 Å². The van der Waals surface area contributed by atoms with Gasteiger partial charge in [0, 0.05) is 17.2 Å². The third-order valence-electron chi connectivity index (χ3n) is 2.54. The van der Waals surface area contributed by atoms with Crippen molar-refractivity contribution in [3.8, 4) is 0 Å². The molecule has 21 heavy (non-hydrogen) atoms. The van der Waals surface area contributed by atoms with E-state index in [9.17, 15) is 4.79 Å². The topological polar surface area (TPSA) is 78.8 Å². The van der Waals surface area contributed by atoms with Crippen LogP contribution in [0.15, 0.2) is 60.0 Å². The first kappa shape index (κ1) is 14.7. The van der Waals surface area contributed by atoms with E-state index in [-0.39, 0.29) is 5.84 Å². The molecular weight excluding hydrogens is 290 g/mol. The largest absolute Gasteiger partial charge is 0.380 e. The predicted molar refractivity (Wildman–Crippen MR) is 80.3 cm³/mol. The smallest absolute Gasteiger partial charge is 0.358 e. The number of carbonyl (C=O) groups excluding carboxylic acids is 1. The van der Waals surface area contributed by atoms with E-state index in [2.05, 4.69) is 10.1 Å². The number of amidine groups is 1. The van der Waals surface area contributed by atoms with Crippen LogP contribution < -0.4 is 10.7 Å². The molecule has 0 saturated carbocycles. The van der Waals surface area contributed by atoms with E-state index in [1.165, 1.54) is 6.08 Å². The minimum Gasteiger partial charge on any atom is -0.380 e. The fourth-order valence-electron chi connectivity index (χ4n) is 1.50. The molecule has 0 bridgehead atoms. The molecule has 0 amide bonds. The van der Waals surface area contributed by atoms with Crippen molar-refractivity contribution in [1.29, 1.82) is 0 Å². The van der Waals surface area contributed by atoms with E-state index in [1.807, 2.05) is 6.07 Å². The zero-order valence-corrected chi connectivity index (χ0v) is 11.7. The molecular formula is C15H13ClN3O2+. The van der Waals surface area contributed by atoms with Crippen molar-refractivity contribution >= 4 is 29.5 Å². The highest BCUT2D eigenvalue weighted by Crippen LogP contribution is 2.16. The second kappa shape index (κ2) is 7.21. The Bertz CT molecular complexity index is 684. The van der Waals surface area contributed by atoms with Crippen molar-refractivity contribution in [1.82, 2.24) is 0 Å². The van der Waals surface area contributed by atoms with Crippen LogP contribution in [0.5, 0.6) is 0 Å². The molecule has 3 N–H and O–H groups in total. The summed E-state index contributed by atoms with van der Waals surface area (Å²) in [7, 11) is 0. The number of carbonyl (C=O) groups is 1. The number of nitrogens with zero attached hydrogens (tertiary/aromatic N) is 1. The molecule has 1 aromatic carbocycles. The van der Waals surface area contributed by atoms with Crippen molar-refractivity contribution in [3.63, 3.8) is 0 Å². The van der Waals surface area contributed by atoms with Crippen LogP contribution in [0.25, 0.3) is 6.08 Å². The number of aromatic amines is 1. The minimum atomic E-state index is -0.641. The Morgan fingerprint density at radius 3 is 2.81 bits per heavy atom. The van der Waals surface area contributed by atoms with Crippen LogP contribution >= 0.6 is 11.6 Å². The van der Waals surface area contributed by atoms with Gasteiger partial charge in [0.2, 0.25) is 0 Å². The lowest BCUT2D eigenvalue weighted by molar-refractivity contribution is -0.378. The molecule has 0 aliphatic carbocycles. The minimum absolute atomic E-state index is 0.103. The highest BCUT2D eigenvalue weighted by Gasteiger charge is 2.03. The number of aromatic nitrogens is 1. The van der Waals surface area contributed by atoms with Gasteiger partial charge in [-0.1, -0.05) is 35.0 Å². The number of H-pyrrole nitrogens is 1. The van der Waals surface area contributed by atoms with Crippen LogP contribution in [0.1, 0.15) is 11.1 Å². The summed E-state index contributed by atoms with van der Waals surface area (Å²) in [4.78, 5) is 19.1. The summed E-state index contributed by atoms with van der Waals surface area (Å²) in [6.45, 7) is 0. The number of oxime groups is 1. The average molecular weight is 303 g/mol. The predicted octanol–water partition coefficient (Wildman–Crippen LogP) is 2.03. The highest BCUT2D eigenvalue weighted by atomic mass is 35.5. The van der Waals surface area contributed by atoms with Gasteiger partial charge >= 0.3 is 5.97 Å². The van der Waals surface area contributed by atoms with E-state index in [0.717, 1.165) is 0 Å². The molecule has 0 radical (unpaired) electrons. The Morgan fingerprint density at radius 1 is 1.29 bits per heavy atom.